The number of rotatable bonds is 1. The number of hydrogen-bond donors (Lipinski definition) is 2. The zero-order valence-electron chi connectivity index (χ0n) is 10.3. The third kappa shape index (κ3) is 3.19. The highest BCUT2D eigenvalue weighted by Gasteiger charge is 2.05. The van der Waals surface area contributed by atoms with Crippen LogP contribution in [0.2, 0.25) is 5.15 Å². The predicted octanol–water partition coefficient (Wildman–Crippen LogP) is 1.27. The maximum Gasteiger partial charge on any atom is 0.221 e. The van der Waals surface area contributed by atoms with Crippen LogP contribution in [0.1, 0.15) is 22.5 Å². The fourth-order valence-corrected chi connectivity index (χ4v) is 1.72. The lowest BCUT2D eigenvalue weighted by Crippen LogP contribution is -2.00. The number of anilines is 1. The van der Waals surface area contributed by atoms with E-state index >= 15 is 0 Å². The summed E-state index contributed by atoms with van der Waals surface area (Å²) in [5.41, 5.74) is 13.8. The third-order valence-electron chi connectivity index (χ3n) is 2.43. The van der Waals surface area contributed by atoms with Crippen molar-refractivity contribution in [2.75, 3.05) is 5.73 Å². The zero-order chi connectivity index (χ0) is 13.8. The lowest BCUT2D eigenvalue weighted by Gasteiger charge is -2.00. The molecule has 6 heteroatoms. The average Bonchev–Trinajstić information content (AvgIpc) is 2.38. The maximum absolute atomic E-state index is 5.98. The Morgan fingerprint density at radius 3 is 2.63 bits per heavy atom. The average molecular weight is 274 g/mol. The third-order valence-corrected chi connectivity index (χ3v) is 2.70. The number of aromatic nitrogens is 3. The first-order valence-electron chi connectivity index (χ1n) is 5.57. The summed E-state index contributed by atoms with van der Waals surface area (Å²) in [6.45, 7) is 2.19. The van der Waals surface area contributed by atoms with Crippen molar-refractivity contribution in [3.63, 3.8) is 0 Å². The Hall–Kier alpha value is -2.16. The van der Waals surface area contributed by atoms with Crippen LogP contribution in [0.15, 0.2) is 18.3 Å². The molecule has 4 N–H and O–H groups in total. The van der Waals surface area contributed by atoms with Gasteiger partial charge in [-0.3, -0.25) is 4.98 Å². The second-order valence-electron chi connectivity index (χ2n) is 3.83. The lowest BCUT2D eigenvalue weighted by molar-refractivity contribution is 0.989. The molecule has 0 aromatic carbocycles. The van der Waals surface area contributed by atoms with Gasteiger partial charge in [0, 0.05) is 18.3 Å². The summed E-state index contributed by atoms with van der Waals surface area (Å²) in [6.07, 6.45) is 1.66. The van der Waals surface area contributed by atoms with E-state index in [0.29, 0.717) is 17.8 Å². The van der Waals surface area contributed by atoms with Crippen molar-refractivity contribution in [2.45, 2.75) is 13.5 Å². The van der Waals surface area contributed by atoms with Crippen LogP contribution in [0.5, 0.6) is 0 Å². The van der Waals surface area contributed by atoms with Crippen LogP contribution in [0.3, 0.4) is 0 Å². The summed E-state index contributed by atoms with van der Waals surface area (Å²) < 4.78 is 0. The first-order chi connectivity index (χ1) is 9.10. The Balaban J connectivity index is 2.33. The zero-order valence-corrected chi connectivity index (χ0v) is 11.1. The summed E-state index contributed by atoms with van der Waals surface area (Å²) in [4.78, 5) is 12.0. The number of aryl methyl sites for hydroxylation is 1. The van der Waals surface area contributed by atoms with Crippen LogP contribution in [-0.2, 0) is 6.54 Å². The monoisotopic (exact) mass is 273 g/mol. The van der Waals surface area contributed by atoms with Gasteiger partial charge in [0.1, 0.15) is 0 Å². The van der Waals surface area contributed by atoms with Gasteiger partial charge in [-0.2, -0.15) is 4.98 Å². The molecule has 2 heterocycles. The number of halogens is 1. The van der Waals surface area contributed by atoms with Crippen molar-refractivity contribution in [1.29, 1.82) is 0 Å². The van der Waals surface area contributed by atoms with Crippen LogP contribution in [-0.4, -0.2) is 15.0 Å². The first-order valence-corrected chi connectivity index (χ1v) is 5.94. The molecule has 0 aliphatic carbocycles. The molecular formula is C13H12ClN5. The van der Waals surface area contributed by atoms with E-state index < -0.39 is 0 Å². The highest BCUT2D eigenvalue weighted by Crippen LogP contribution is 2.15. The number of pyridine rings is 1. The fourth-order valence-electron chi connectivity index (χ4n) is 1.45. The summed E-state index contributed by atoms with van der Waals surface area (Å²) in [6, 6.07) is 3.68. The molecule has 0 bridgehead atoms. The van der Waals surface area contributed by atoms with Crippen LogP contribution < -0.4 is 11.5 Å². The van der Waals surface area contributed by atoms with Crippen molar-refractivity contribution in [3.05, 3.63) is 46.0 Å². The van der Waals surface area contributed by atoms with Crippen LogP contribution in [0, 0.1) is 18.8 Å². The summed E-state index contributed by atoms with van der Waals surface area (Å²) in [7, 11) is 0. The summed E-state index contributed by atoms with van der Waals surface area (Å²) in [5, 5.41) is 0.254. The van der Waals surface area contributed by atoms with Crippen LogP contribution in [0.25, 0.3) is 0 Å². The van der Waals surface area contributed by atoms with Gasteiger partial charge in [-0.15, -0.1) is 0 Å². The van der Waals surface area contributed by atoms with Gasteiger partial charge in [-0.05, 0) is 19.1 Å². The number of hydrogen-bond acceptors (Lipinski definition) is 5. The smallest absolute Gasteiger partial charge is 0.221 e. The molecule has 0 saturated heterocycles. The van der Waals surface area contributed by atoms with Crippen LogP contribution >= 0.6 is 11.6 Å². The number of nitrogens with zero attached hydrogens (tertiary/aromatic N) is 3. The minimum atomic E-state index is 0.141. The van der Waals surface area contributed by atoms with E-state index in [2.05, 4.69) is 26.8 Å². The Kier molecular flexibility index (Phi) is 3.95. The molecule has 5 nitrogen and oxygen atoms in total. The van der Waals surface area contributed by atoms with E-state index in [1.54, 1.807) is 13.1 Å². The SMILES string of the molecule is Cc1nc(N)nc(Cl)c1C#Cc1ccc(CN)nc1. The molecule has 19 heavy (non-hydrogen) atoms. The minimum absolute atomic E-state index is 0.141. The van der Waals surface area contributed by atoms with Gasteiger partial charge in [0.15, 0.2) is 5.15 Å². The topological polar surface area (TPSA) is 90.7 Å². The molecule has 2 aromatic heterocycles. The quantitative estimate of drug-likeness (QED) is 0.603. The number of nitrogen functional groups attached to an aromatic ring is 1. The molecule has 0 amide bonds. The molecule has 96 valence electrons. The van der Waals surface area contributed by atoms with Crippen LogP contribution in [0.4, 0.5) is 5.95 Å². The van der Waals surface area contributed by atoms with E-state index in [1.165, 1.54) is 0 Å². The maximum atomic E-state index is 5.98. The molecule has 2 rings (SSSR count). The first kappa shape index (κ1) is 13.3. The van der Waals surface area contributed by atoms with Gasteiger partial charge >= 0.3 is 0 Å². The van der Waals surface area contributed by atoms with E-state index in [-0.39, 0.29) is 11.1 Å². The molecular weight excluding hydrogens is 262 g/mol. The number of nitrogens with two attached hydrogens (primary N) is 2. The van der Waals surface area contributed by atoms with E-state index in [1.807, 2.05) is 12.1 Å². The summed E-state index contributed by atoms with van der Waals surface area (Å²) in [5.74, 6) is 6.02. The Morgan fingerprint density at radius 2 is 2.05 bits per heavy atom. The van der Waals surface area contributed by atoms with Crippen molar-refractivity contribution < 1.29 is 0 Å². The molecule has 0 radical (unpaired) electrons. The molecule has 0 aliphatic rings. The van der Waals surface area contributed by atoms with Gasteiger partial charge in [0.05, 0.1) is 17.0 Å². The van der Waals surface area contributed by atoms with Gasteiger partial charge in [-0.25, -0.2) is 4.98 Å². The van der Waals surface area contributed by atoms with Crippen molar-refractivity contribution in [3.8, 4) is 11.8 Å². The Labute approximate surface area is 116 Å². The normalized spacial score (nSPS) is 9.84. The van der Waals surface area contributed by atoms with Crippen molar-refractivity contribution in [2.24, 2.45) is 5.73 Å². The molecule has 0 aliphatic heterocycles. The van der Waals surface area contributed by atoms with Gasteiger partial charge in [-0.1, -0.05) is 23.4 Å². The Bertz CT molecular complexity index is 632. The van der Waals surface area contributed by atoms with Crippen molar-refractivity contribution in [1.82, 2.24) is 15.0 Å². The molecule has 0 atom stereocenters. The molecule has 0 fully saturated rings. The lowest BCUT2D eigenvalue weighted by atomic mass is 10.2. The second kappa shape index (κ2) is 5.65. The van der Waals surface area contributed by atoms with E-state index in [0.717, 1.165) is 11.3 Å². The fraction of sp³-hybridized carbons (Fsp3) is 0.154. The predicted molar refractivity (Wildman–Crippen MR) is 74.3 cm³/mol. The molecule has 0 saturated carbocycles. The van der Waals surface area contributed by atoms with Gasteiger partial charge < -0.3 is 11.5 Å². The summed E-state index contributed by atoms with van der Waals surface area (Å²) >= 11 is 5.98. The highest BCUT2D eigenvalue weighted by molar-refractivity contribution is 6.30. The van der Waals surface area contributed by atoms with E-state index in [4.69, 9.17) is 23.1 Å². The molecule has 2 aromatic rings. The van der Waals surface area contributed by atoms with Crippen molar-refractivity contribution >= 4 is 17.5 Å². The molecule has 0 unspecified atom stereocenters. The van der Waals surface area contributed by atoms with Gasteiger partial charge in [0.25, 0.3) is 0 Å². The second-order valence-corrected chi connectivity index (χ2v) is 4.18. The largest absolute Gasteiger partial charge is 0.368 e. The highest BCUT2D eigenvalue weighted by atomic mass is 35.5. The van der Waals surface area contributed by atoms with Gasteiger partial charge in [0.2, 0.25) is 5.95 Å². The van der Waals surface area contributed by atoms with E-state index in [9.17, 15) is 0 Å². The standard InChI is InChI=1S/C13H12ClN5/c1-8-11(12(14)19-13(16)18-8)5-3-9-2-4-10(6-15)17-7-9/h2,4,7H,6,15H2,1H3,(H2,16,18,19). The Morgan fingerprint density at radius 1 is 1.26 bits per heavy atom. The molecule has 0 spiro atoms. The minimum Gasteiger partial charge on any atom is -0.368 e.